The first-order valence-corrected chi connectivity index (χ1v) is 7.56. The van der Waals surface area contributed by atoms with E-state index in [1.54, 1.807) is 0 Å². The normalized spacial score (nSPS) is 32.4. The van der Waals surface area contributed by atoms with Crippen LogP contribution in [0.3, 0.4) is 0 Å². The zero-order valence-corrected chi connectivity index (χ0v) is 12.0. The Morgan fingerprint density at radius 2 is 2.24 bits per heavy atom. The van der Waals surface area contributed by atoms with Crippen molar-refractivity contribution >= 4 is 16.9 Å². The lowest BCUT2D eigenvalue weighted by atomic mass is 9.74. The van der Waals surface area contributed by atoms with Crippen molar-refractivity contribution in [2.75, 3.05) is 19.9 Å². The second-order valence-electron chi connectivity index (χ2n) is 5.26. The molecule has 2 N–H and O–H groups in total. The Labute approximate surface area is 124 Å². The Morgan fingerprint density at radius 1 is 1.43 bits per heavy atom. The zero-order valence-electron chi connectivity index (χ0n) is 11.2. The smallest absolute Gasteiger partial charge is 0.155 e. The molecule has 3 unspecified atom stereocenters. The van der Waals surface area contributed by atoms with Crippen LogP contribution in [-0.2, 0) is 10.3 Å². The maximum atomic E-state index is 14.3. The van der Waals surface area contributed by atoms with Crippen LogP contribution in [0.5, 0.6) is 0 Å². The highest BCUT2D eigenvalue weighted by Crippen LogP contribution is 2.48. The van der Waals surface area contributed by atoms with E-state index in [-0.39, 0.29) is 23.3 Å². The SMILES string of the molecule is NC1=NC2(c3ccc(F)cc3F)COCCC2C(CF)S1. The minimum absolute atomic E-state index is 0.123. The molecule has 0 saturated carbocycles. The van der Waals surface area contributed by atoms with Gasteiger partial charge in [-0.1, -0.05) is 17.8 Å². The third-order valence-corrected chi connectivity index (χ3v) is 5.18. The van der Waals surface area contributed by atoms with Crippen molar-refractivity contribution in [3.63, 3.8) is 0 Å². The van der Waals surface area contributed by atoms with E-state index in [9.17, 15) is 13.2 Å². The van der Waals surface area contributed by atoms with Crippen LogP contribution in [0.25, 0.3) is 0 Å². The number of amidine groups is 1. The number of rotatable bonds is 2. The van der Waals surface area contributed by atoms with Crippen molar-refractivity contribution in [1.82, 2.24) is 0 Å². The quantitative estimate of drug-likeness (QED) is 0.912. The average Bonchev–Trinajstić information content (AvgIpc) is 2.45. The molecule has 3 nitrogen and oxygen atoms in total. The number of aliphatic imine (C=N–C) groups is 1. The zero-order chi connectivity index (χ0) is 15.0. The average molecular weight is 316 g/mol. The largest absolute Gasteiger partial charge is 0.379 e. The lowest BCUT2D eigenvalue weighted by Crippen LogP contribution is -2.52. The number of halogens is 3. The molecule has 3 rings (SSSR count). The lowest BCUT2D eigenvalue weighted by Gasteiger charge is -2.46. The Kier molecular flexibility index (Phi) is 3.88. The van der Waals surface area contributed by atoms with Gasteiger partial charge in [0.1, 0.15) is 23.8 Å². The fraction of sp³-hybridized carbons (Fsp3) is 0.500. The molecule has 114 valence electrons. The number of thioether (sulfide) groups is 1. The summed E-state index contributed by atoms with van der Waals surface area (Å²) in [7, 11) is 0. The first-order chi connectivity index (χ1) is 10.1. The van der Waals surface area contributed by atoms with Crippen LogP contribution in [0, 0.1) is 17.6 Å². The van der Waals surface area contributed by atoms with Crippen LogP contribution in [0.1, 0.15) is 12.0 Å². The minimum Gasteiger partial charge on any atom is -0.379 e. The van der Waals surface area contributed by atoms with Crippen molar-refractivity contribution in [3.8, 4) is 0 Å². The number of ether oxygens (including phenoxy) is 1. The Balaban J connectivity index is 2.15. The molecule has 0 radical (unpaired) electrons. The van der Waals surface area contributed by atoms with Gasteiger partial charge in [0.15, 0.2) is 5.17 Å². The molecule has 0 amide bonds. The molecule has 2 aliphatic heterocycles. The molecular formula is C14H15F3N2OS. The number of hydrogen-bond donors (Lipinski definition) is 1. The van der Waals surface area contributed by atoms with Crippen LogP contribution < -0.4 is 5.73 Å². The number of hydrogen-bond acceptors (Lipinski definition) is 4. The van der Waals surface area contributed by atoms with Crippen molar-refractivity contribution in [3.05, 3.63) is 35.4 Å². The van der Waals surface area contributed by atoms with Crippen molar-refractivity contribution in [2.45, 2.75) is 17.2 Å². The van der Waals surface area contributed by atoms with Crippen LogP contribution in [0.4, 0.5) is 13.2 Å². The van der Waals surface area contributed by atoms with Gasteiger partial charge in [0.05, 0.1) is 6.61 Å². The van der Waals surface area contributed by atoms with Gasteiger partial charge in [0.25, 0.3) is 0 Å². The van der Waals surface area contributed by atoms with Crippen LogP contribution >= 0.6 is 11.8 Å². The topological polar surface area (TPSA) is 47.6 Å². The molecule has 7 heteroatoms. The maximum absolute atomic E-state index is 14.3. The molecule has 1 aromatic carbocycles. The highest BCUT2D eigenvalue weighted by atomic mass is 32.2. The molecule has 0 aromatic heterocycles. The predicted octanol–water partition coefficient (Wildman–Crippen LogP) is 2.60. The van der Waals surface area contributed by atoms with Gasteiger partial charge in [-0.25, -0.2) is 18.2 Å². The molecular weight excluding hydrogens is 301 g/mol. The monoisotopic (exact) mass is 316 g/mol. The van der Waals surface area contributed by atoms with Gasteiger partial charge in [-0.15, -0.1) is 0 Å². The van der Waals surface area contributed by atoms with E-state index in [2.05, 4.69) is 4.99 Å². The van der Waals surface area contributed by atoms with Gasteiger partial charge in [0, 0.05) is 29.4 Å². The summed E-state index contributed by atoms with van der Waals surface area (Å²) in [5.74, 6) is -1.59. The summed E-state index contributed by atoms with van der Waals surface area (Å²) in [6, 6.07) is 3.35. The number of benzene rings is 1. The van der Waals surface area contributed by atoms with Crippen LogP contribution in [0.15, 0.2) is 23.2 Å². The maximum Gasteiger partial charge on any atom is 0.155 e. The highest BCUT2D eigenvalue weighted by Gasteiger charge is 2.51. The summed E-state index contributed by atoms with van der Waals surface area (Å²) in [6.07, 6.45) is 0.565. The van der Waals surface area contributed by atoms with E-state index in [4.69, 9.17) is 10.5 Å². The summed E-state index contributed by atoms with van der Waals surface area (Å²) in [5, 5.41) is -0.182. The molecule has 2 aliphatic rings. The number of fused-ring (bicyclic) bond motifs is 1. The molecule has 2 heterocycles. The summed E-state index contributed by atoms with van der Waals surface area (Å²) in [4.78, 5) is 4.40. The Morgan fingerprint density at radius 3 is 2.95 bits per heavy atom. The van der Waals surface area contributed by atoms with Crippen LogP contribution in [0.2, 0.25) is 0 Å². The summed E-state index contributed by atoms with van der Waals surface area (Å²) in [5.41, 5.74) is 4.95. The number of nitrogens with zero attached hydrogens (tertiary/aromatic N) is 1. The van der Waals surface area contributed by atoms with E-state index in [0.717, 1.165) is 6.07 Å². The molecule has 1 aromatic rings. The summed E-state index contributed by atoms with van der Waals surface area (Å²) in [6.45, 7) is 0.0236. The van der Waals surface area contributed by atoms with Crippen LogP contribution in [-0.4, -0.2) is 30.3 Å². The molecule has 1 fully saturated rings. The lowest BCUT2D eigenvalue weighted by molar-refractivity contribution is -0.00739. The van der Waals surface area contributed by atoms with Gasteiger partial charge in [-0.2, -0.15) is 0 Å². The molecule has 0 aliphatic carbocycles. The standard InChI is InChI=1S/C14H15F3N2OS/c15-6-12-10-3-4-20-7-14(10,19-13(18)21-12)9-2-1-8(16)5-11(9)17/h1-2,5,10,12H,3-4,6-7H2,(H2,18,19). The molecule has 0 bridgehead atoms. The third kappa shape index (κ3) is 2.42. The van der Waals surface area contributed by atoms with E-state index >= 15 is 0 Å². The van der Waals surface area contributed by atoms with Crippen molar-refractivity contribution < 1.29 is 17.9 Å². The minimum atomic E-state index is -1.07. The number of nitrogens with two attached hydrogens (primary N) is 1. The van der Waals surface area contributed by atoms with Gasteiger partial charge in [-0.3, -0.25) is 0 Å². The summed E-state index contributed by atoms with van der Waals surface area (Å²) >= 11 is 1.17. The van der Waals surface area contributed by atoms with Crippen molar-refractivity contribution in [2.24, 2.45) is 16.6 Å². The first-order valence-electron chi connectivity index (χ1n) is 6.68. The third-order valence-electron chi connectivity index (χ3n) is 4.09. The number of alkyl halides is 1. The van der Waals surface area contributed by atoms with E-state index in [0.29, 0.717) is 13.0 Å². The predicted molar refractivity (Wildman–Crippen MR) is 75.9 cm³/mol. The molecule has 1 saturated heterocycles. The van der Waals surface area contributed by atoms with Gasteiger partial charge in [0.2, 0.25) is 0 Å². The Hall–Kier alpha value is -1.21. The molecule has 0 spiro atoms. The van der Waals surface area contributed by atoms with Gasteiger partial charge >= 0.3 is 0 Å². The molecule has 3 atom stereocenters. The van der Waals surface area contributed by atoms with E-state index < -0.39 is 29.1 Å². The Bertz CT molecular complexity index is 583. The van der Waals surface area contributed by atoms with Crippen molar-refractivity contribution in [1.29, 1.82) is 0 Å². The van der Waals surface area contributed by atoms with E-state index in [1.807, 2.05) is 0 Å². The van der Waals surface area contributed by atoms with Gasteiger partial charge < -0.3 is 10.5 Å². The fourth-order valence-corrected chi connectivity index (χ4v) is 4.28. The fourth-order valence-electron chi connectivity index (χ4n) is 3.17. The van der Waals surface area contributed by atoms with E-state index in [1.165, 1.54) is 23.9 Å². The second kappa shape index (κ2) is 5.53. The van der Waals surface area contributed by atoms with Gasteiger partial charge in [-0.05, 0) is 12.5 Å². The first kappa shape index (κ1) is 14.7. The second-order valence-corrected chi connectivity index (χ2v) is 6.52. The molecule has 21 heavy (non-hydrogen) atoms. The summed E-state index contributed by atoms with van der Waals surface area (Å²) < 4.78 is 46.2. The highest BCUT2D eigenvalue weighted by molar-refractivity contribution is 8.14.